The SMILES string of the molecule is CC(OS(=O)[O-])c1cc(Br)cc(C#N)c1. The molecule has 0 saturated carbocycles. The Kier molecular flexibility index (Phi) is 4.42. The van der Waals surface area contributed by atoms with Gasteiger partial charge in [-0.15, -0.1) is 0 Å². The van der Waals surface area contributed by atoms with Crippen molar-refractivity contribution in [3.63, 3.8) is 0 Å². The van der Waals surface area contributed by atoms with Crippen LogP contribution in [0.2, 0.25) is 0 Å². The number of nitriles is 1. The van der Waals surface area contributed by atoms with Crippen molar-refractivity contribution in [2.45, 2.75) is 13.0 Å². The molecule has 80 valence electrons. The van der Waals surface area contributed by atoms with Crippen molar-refractivity contribution in [3.05, 3.63) is 33.8 Å². The van der Waals surface area contributed by atoms with Crippen molar-refractivity contribution in [1.29, 1.82) is 5.26 Å². The lowest BCUT2D eigenvalue weighted by molar-refractivity contribution is 0.223. The fourth-order valence-corrected chi connectivity index (χ4v) is 1.94. The highest BCUT2D eigenvalue weighted by atomic mass is 79.9. The normalized spacial score (nSPS) is 14.3. The third kappa shape index (κ3) is 3.72. The molecule has 0 bridgehead atoms. The Labute approximate surface area is 98.5 Å². The predicted octanol–water partition coefficient (Wildman–Crippen LogP) is 2.19. The van der Waals surface area contributed by atoms with Gasteiger partial charge < -0.3 is 4.55 Å². The van der Waals surface area contributed by atoms with Crippen LogP contribution in [0.5, 0.6) is 0 Å². The Morgan fingerprint density at radius 1 is 1.60 bits per heavy atom. The van der Waals surface area contributed by atoms with E-state index in [0.29, 0.717) is 15.6 Å². The molecule has 6 heteroatoms. The monoisotopic (exact) mass is 288 g/mol. The van der Waals surface area contributed by atoms with Crippen molar-refractivity contribution in [2.75, 3.05) is 0 Å². The van der Waals surface area contributed by atoms with E-state index in [4.69, 9.17) is 5.26 Å². The van der Waals surface area contributed by atoms with Gasteiger partial charge in [0.2, 0.25) is 0 Å². The summed E-state index contributed by atoms with van der Waals surface area (Å²) in [4.78, 5) is 0. The molecule has 1 rings (SSSR count). The number of hydrogen-bond acceptors (Lipinski definition) is 4. The van der Waals surface area contributed by atoms with Crippen molar-refractivity contribution < 1.29 is 12.9 Å². The second-order valence-corrected chi connectivity index (χ2v) is 4.34. The summed E-state index contributed by atoms with van der Waals surface area (Å²) in [6.07, 6.45) is -0.604. The number of hydrogen-bond donors (Lipinski definition) is 0. The molecule has 0 aliphatic rings. The fourth-order valence-electron chi connectivity index (χ4n) is 1.08. The third-order valence-corrected chi connectivity index (χ3v) is 2.65. The summed E-state index contributed by atoms with van der Waals surface area (Å²) < 4.78 is 25.9. The van der Waals surface area contributed by atoms with Crippen LogP contribution in [-0.4, -0.2) is 8.76 Å². The van der Waals surface area contributed by atoms with Crippen LogP contribution in [0.15, 0.2) is 22.7 Å². The summed E-state index contributed by atoms with van der Waals surface area (Å²) >= 11 is 0.668. The first kappa shape index (κ1) is 12.3. The van der Waals surface area contributed by atoms with Gasteiger partial charge in [-0.25, -0.2) is 4.21 Å². The van der Waals surface area contributed by atoms with Gasteiger partial charge in [-0.3, -0.25) is 4.18 Å². The zero-order chi connectivity index (χ0) is 11.4. The van der Waals surface area contributed by atoms with Crippen LogP contribution in [0.3, 0.4) is 0 Å². The zero-order valence-electron chi connectivity index (χ0n) is 7.77. The van der Waals surface area contributed by atoms with Gasteiger partial charge in [0.15, 0.2) is 0 Å². The number of nitrogens with zero attached hydrogens (tertiary/aromatic N) is 1. The average Bonchev–Trinajstić information content (AvgIpc) is 2.15. The van der Waals surface area contributed by atoms with E-state index in [2.05, 4.69) is 20.1 Å². The highest BCUT2D eigenvalue weighted by Gasteiger charge is 2.08. The first-order valence-electron chi connectivity index (χ1n) is 4.00. The molecule has 0 radical (unpaired) electrons. The van der Waals surface area contributed by atoms with Crippen LogP contribution in [0.1, 0.15) is 24.2 Å². The Morgan fingerprint density at radius 3 is 2.80 bits per heavy atom. The van der Waals surface area contributed by atoms with Gasteiger partial charge in [0.05, 0.1) is 29.1 Å². The van der Waals surface area contributed by atoms with Gasteiger partial charge in [-0.2, -0.15) is 5.26 Å². The quantitative estimate of drug-likeness (QED) is 0.799. The molecule has 0 aliphatic heterocycles. The van der Waals surface area contributed by atoms with E-state index in [0.717, 1.165) is 0 Å². The van der Waals surface area contributed by atoms with Crippen LogP contribution in [-0.2, 0) is 15.5 Å². The van der Waals surface area contributed by atoms with Gasteiger partial charge in [0, 0.05) is 4.47 Å². The molecule has 2 unspecified atom stereocenters. The van der Waals surface area contributed by atoms with E-state index in [1.165, 1.54) is 0 Å². The molecule has 1 aromatic rings. The number of halogens is 1. The summed E-state index contributed by atoms with van der Waals surface area (Å²) in [6.45, 7) is 1.60. The highest BCUT2D eigenvalue weighted by Crippen LogP contribution is 2.23. The maximum Gasteiger partial charge on any atom is 0.0992 e. The lowest BCUT2D eigenvalue weighted by Gasteiger charge is -2.14. The summed E-state index contributed by atoms with van der Waals surface area (Å²) in [7, 11) is 0. The maximum atomic E-state index is 10.3. The van der Waals surface area contributed by atoms with Gasteiger partial charge in [0.25, 0.3) is 0 Å². The van der Waals surface area contributed by atoms with Crippen LogP contribution in [0, 0.1) is 11.3 Å². The average molecular weight is 289 g/mol. The molecule has 0 spiro atoms. The minimum Gasteiger partial charge on any atom is -0.750 e. The summed E-state index contributed by atoms with van der Waals surface area (Å²) in [6, 6.07) is 6.91. The van der Waals surface area contributed by atoms with Crippen molar-refractivity contribution >= 4 is 27.3 Å². The van der Waals surface area contributed by atoms with E-state index in [9.17, 15) is 8.76 Å². The molecule has 15 heavy (non-hydrogen) atoms. The highest BCUT2D eigenvalue weighted by molar-refractivity contribution is 9.10. The predicted molar refractivity (Wildman–Crippen MR) is 57.3 cm³/mol. The smallest absolute Gasteiger partial charge is 0.0992 e. The van der Waals surface area contributed by atoms with Crippen molar-refractivity contribution in [3.8, 4) is 6.07 Å². The van der Waals surface area contributed by atoms with Crippen LogP contribution < -0.4 is 0 Å². The van der Waals surface area contributed by atoms with E-state index in [-0.39, 0.29) is 0 Å². The largest absolute Gasteiger partial charge is 0.750 e. The molecule has 0 saturated heterocycles. The summed E-state index contributed by atoms with van der Waals surface area (Å²) in [5.74, 6) is 0. The molecule has 0 heterocycles. The lowest BCUT2D eigenvalue weighted by atomic mass is 10.1. The summed E-state index contributed by atoms with van der Waals surface area (Å²) in [5, 5.41) is 8.72. The molecule has 1 aromatic carbocycles. The fraction of sp³-hybridized carbons (Fsp3) is 0.222. The van der Waals surface area contributed by atoms with E-state index in [1.807, 2.05) is 6.07 Å². The minimum atomic E-state index is -2.56. The van der Waals surface area contributed by atoms with Crippen molar-refractivity contribution in [2.24, 2.45) is 0 Å². The van der Waals surface area contributed by atoms with Gasteiger partial charge in [-0.05, 0) is 30.7 Å². The summed E-state index contributed by atoms with van der Waals surface area (Å²) in [5.41, 5.74) is 1.08. The maximum absolute atomic E-state index is 10.3. The molecular formula is C9H7BrNO3S-. The molecule has 0 aromatic heterocycles. The standard InChI is InChI=1S/C9H8BrNO3S/c1-6(14-15(12)13)8-2-7(5-11)3-9(10)4-8/h2-4,6H,1H3,(H,12,13)/p-1. The topological polar surface area (TPSA) is 73.2 Å². The number of rotatable bonds is 3. The van der Waals surface area contributed by atoms with E-state index in [1.54, 1.807) is 25.1 Å². The molecule has 0 fully saturated rings. The van der Waals surface area contributed by atoms with E-state index < -0.39 is 17.5 Å². The second-order valence-electron chi connectivity index (χ2n) is 2.83. The van der Waals surface area contributed by atoms with Gasteiger partial charge >= 0.3 is 0 Å². The second kappa shape index (κ2) is 5.37. The Bertz CT molecular complexity index is 430. The zero-order valence-corrected chi connectivity index (χ0v) is 10.2. The Morgan fingerprint density at radius 2 is 2.27 bits per heavy atom. The molecule has 4 nitrogen and oxygen atoms in total. The first-order chi connectivity index (χ1) is 7.02. The molecule has 0 N–H and O–H groups in total. The Balaban J connectivity index is 2.99. The van der Waals surface area contributed by atoms with Crippen LogP contribution in [0.4, 0.5) is 0 Å². The molecule has 0 amide bonds. The number of benzene rings is 1. The van der Waals surface area contributed by atoms with Crippen molar-refractivity contribution in [1.82, 2.24) is 0 Å². The van der Waals surface area contributed by atoms with Crippen LogP contribution in [0.25, 0.3) is 0 Å². The Hall–Kier alpha value is -0.740. The molecular weight excluding hydrogens is 282 g/mol. The third-order valence-electron chi connectivity index (χ3n) is 1.74. The van der Waals surface area contributed by atoms with Crippen LogP contribution >= 0.6 is 15.9 Å². The van der Waals surface area contributed by atoms with Gasteiger partial charge in [0.1, 0.15) is 0 Å². The first-order valence-corrected chi connectivity index (χ1v) is 5.79. The van der Waals surface area contributed by atoms with Gasteiger partial charge in [-0.1, -0.05) is 15.9 Å². The molecule has 0 aliphatic carbocycles. The van der Waals surface area contributed by atoms with E-state index >= 15 is 0 Å². The molecule has 2 atom stereocenters. The minimum absolute atomic E-state index is 0.450. The lowest BCUT2D eigenvalue weighted by Crippen LogP contribution is -2.02.